The first-order chi connectivity index (χ1) is 11.2. The molecule has 0 heterocycles. The zero-order valence-corrected chi connectivity index (χ0v) is 12.9. The number of carbonyl (C=O) groups excluding carboxylic acids is 2. The fourth-order valence-corrected chi connectivity index (χ4v) is 2.05. The number of carbonyl (C=O) groups is 2. The minimum atomic E-state index is -0.993. The summed E-state index contributed by atoms with van der Waals surface area (Å²) < 4.78 is 9.67. The maximum Gasteiger partial charge on any atom is 0.516 e. The van der Waals surface area contributed by atoms with E-state index < -0.39 is 18.2 Å². The van der Waals surface area contributed by atoms with Crippen LogP contribution >= 0.6 is 0 Å². The van der Waals surface area contributed by atoms with E-state index in [1.165, 1.54) is 0 Å². The Morgan fingerprint density at radius 3 is 2.09 bits per heavy atom. The SMILES string of the molecule is CN[C@@H](Cc1ccccc1)C(=O)OC(=O)OCc1ccccc1. The van der Waals surface area contributed by atoms with Crippen LogP contribution in [0.3, 0.4) is 0 Å². The van der Waals surface area contributed by atoms with Crippen molar-refractivity contribution in [2.45, 2.75) is 19.1 Å². The van der Waals surface area contributed by atoms with E-state index in [-0.39, 0.29) is 6.61 Å². The van der Waals surface area contributed by atoms with Crippen molar-refractivity contribution in [1.82, 2.24) is 5.32 Å². The van der Waals surface area contributed by atoms with Gasteiger partial charge in [0, 0.05) is 0 Å². The van der Waals surface area contributed by atoms with Gasteiger partial charge in [-0.05, 0) is 24.6 Å². The Morgan fingerprint density at radius 2 is 1.52 bits per heavy atom. The highest BCUT2D eigenvalue weighted by molar-refractivity contribution is 5.85. The lowest BCUT2D eigenvalue weighted by atomic mass is 10.1. The number of hydrogen-bond acceptors (Lipinski definition) is 5. The standard InChI is InChI=1S/C18H19NO4/c1-19-16(12-14-8-4-2-5-9-14)17(20)23-18(21)22-13-15-10-6-3-7-11-15/h2-11,16,19H,12-13H2,1H3/t16-/m0/s1. The smallest absolute Gasteiger partial charge is 0.429 e. The van der Waals surface area contributed by atoms with Crippen LogP contribution in [0.5, 0.6) is 0 Å². The van der Waals surface area contributed by atoms with E-state index in [0.29, 0.717) is 6.42 Å². The highest BCUT2D eigenvalue weighted by Crippen LogP contribution is 2.06. The lowest BCUT2D eigenvalue weighted by Gasteiger charge is -2.14. The predicted molar refractivity (Wildman–Crippen MR) is 85.7 cm³/mol. The molecule has 0 saturated heterocycles. The summed E-state index contributed by atoms with van der Waals surface area (Å²) >= 11 is 0. The fourth-order valence-electron chi connectivity index (χ4n) is 2.05. The van der Waals surface area contributed by atoms with Gasteiger partial charge in [-0.3, -0.25) is 0 Å². The van der Waals surface area contributed by atoms with Crippen LogP contribution in [0.25, 0.3) is 0 Å². The first kappa shape index (κ1) is 16.7. The van der Waals surface area contributed by atoms with E-state index in [9.17, 15) is 9.59 Å². The zero-order valence-electron chi connectivity index (χ0n) is 12.9. The van der Waals surface area contributed by atoms with Crippen LogP contribution in [0.4, 0.5) is 4.79 Å². The van der Waals surface area contributed by atoms with Crippen molar-refractivity contribution in [3.63, 3.8) is 0 Å². The molecule has 0 aliphatic heterocycles. The molecule has 0 bridgehead atoms. The Balaban J connectivity index is 1.82. The number of ether oxygens (including phenoxy) is 2. The van der Waals surface area contributed by atoms with E-state index in [1.807, 2.05) is 60.7 Å². The van der Waals surface area contributed by atoms with Gasteiger partial charge in [0.15, 0.2) is 0 Å². The van der Waals surface area contributed by atoms with Crippen molar-refractivity contribution < 1.29 is 19.1 Å². The zero-order chi connectivity index (χ0) is 16.5. The molecule has 0 amide bonds. The first-order valence-corrected chi connectivity index (χ1v) is 7.32. The van der Waals surface area contributed by atoms with Gasteiger partial charge in [-0.15, -0.1) is 0 Å². The van der Waals surface area contributed by atoms with Crippen molar-refractivity contribution in [2.24, 2.45) is 0 Å². The molecule has 5 nitrogen and oxygen atoms in total. The second kappa shape index (κ2) is 8.70. The van der Waals surface area contributed by atoms with E-state index >= 15 is 0 Å². The maximum atomic E-state index is 12.0. The minimum absolute atomic E-state index is 0.0653. The average Bonchev–Trinajstić information content (AvgIpc) is 2.59. The molecule has 0 unspecified atom stereocenters. The molecule has 23 heavy (non-hydrogen) atoms. The summed E-state index contributed by atoms with van der Waals surface area (Å²) in [5, 5.41) is 2.85. The fraction of sp³-hybridized carbons (Fsp3) is 0.222. The Kier molecular flexibility index (Phi) is 6.32. The summed E-state index contributed by atoms with van der Waals surface area (Å²) in [5.41, 5.74) is 1.80. The second-order valence-corrected chi connectivity index (χ2v) is 4.98. The third kappa shape index (κ3) is 5.56. The average molecular weight is 313 g/mol. The molecule has 2 aromatic rings. The van der Waals surface area contributed by atoms with Gasteiger partial charge in [-0.25, -0.2) is 9.59 Å². The van der Waals surface area contributed by atoms with Gasteiger partial charge >= 0.3 is 12.1 Å². The number of rotatable bonds is 6. The third-order valence-electron chi connectivity index (χ3n) is 3.30. The molecular weight excluding hydrogens is 294 g/mol. The van der Waals surface area contributed by atoms with Crippen LogP contribution < -0.4 is 5.32 Å². The van der Waals surface area contributed by atoms with E-state index in [1.54, 1.807) is 7.05 Å². The van der Waals surface area contributed by atoms with E-state index in [2.05, 4.69) is 5.32 Å². The molecule has 0 radical (unpaired) electrons. The molecule has 0 aliphatic carbocycles. The summed E-state index contributed by atoms with van der Waals surface area (Å²) in [4.78, 5) is 23.6. The van der Waals surface area contributed by atoms with Crippen LogP contribution in [0.1, 0.15) is 11.1 Å². The molecule has 2 aromatic carbocycles. The monoisotopic (exact) mass is 313 g/mol. The Morgan fingerprint density at radius 1 is 0.957 bits per heavy atom. The molecule has 1 atom stereocenters. The van der Waals surface area contributed by atoms with Crippen molar-refractivity contribution >= 4 is 12.1 Å². The first-order valence-electron chi connectivity index (χ1n) is 7.32. The number of benzene rings is 2. The molecule has 120 valence electrons. The number of nitrogens with one attached hydrogen (secondary N) is 1. The van der Waals surface area contributed by atoms with Crippen LogP contribution in [-0.2, 0) is 27.3 Å². The van der Waals surface area contributed by atoms with Crippen LogP contribution in [0.2, 0.25) is 0 Å². The van der Waals surface area contributed by atoms with Crippen LogP contribution in [0, 0.1) is 0 Å². The summed E-state index contributed by atoms with van der Waals surface area (Å²) in [5.74, 6) is -0.658. The summed E-state index contributed by atoms with van der Waals surface area (Å²) in [6.45, 7) is 0.0653. The molecule has 0 aliphatic rings. The van der Waals surface area contributed by atoms with Crippen molar-refractivity contribution in [2.75, 3.05) is 7.05 Å². The summed E-state index contributed by atoms with van der Waals surface area (Å²) in [6, 6.07) is 18.1. The minimum Gasteiger partial charge on any atom is -0.429 e. The highest BCUT2D eigenvalue weighted by Gasteiger charge is 2.22. The number of likely N-dealkylation sites (N-methyl/N-ethyl adjacent to an activating group) is 1. The molecule has 0 fully saturated rings. The van der Waals surface area contributed by atoms with Gasteiger partial charge in [0.25, 0.3) is 0 Å². The Hall–Kier alpha value is -2.66. The lowest BCUT2D eigenvalue weighted by Crippen LogP contribution is -2.38. The molecule has 2 rings (SSSR count). The van der Waals surface area contributed by atoms with Crippen molar-refractivity contribution in [3.05, 3.63) is 71.8 Å². The number of hydrogen-bond donors (Lipinski definition) is 1. The topological polar surface area (TPSA) is 64.6 Å². The second-order valence-electron chi connectivity index (χ2n) is 4.98. The highest BCUT2D eigenvalue weighted by atomic mass is 16.7. The van der Waals surface area contributed by atoms with Crippen molar-refractivity contribution in [3.8, 4) is 0 Å². The molecule has 0 spiro atoms. The predicted octanol–water partition coefficient (Wildman–Crippen LogP) is 2.70. The summed E-state index contributed by atoms with van der Waals surface area (Å²) in [6.07, 6.45) is -0.561. The quantitative estimate of drug-likeness (QED) is 0.656. The molecular formula is C18H19NO4. The summed E-state index contributed by atoms with van der Waals surface area (Å²) in [7, 11) is 1.64. The van der Waals surface area contributed by atoms with E-state index in [4.69, 9.17) is 9.47 Å². The molecule has 5 heteroatoms. The lowest BCUT2D eigenvalue weighted by molar-refractivity contribution is -0.142. The van der Waals surface area contributed by atoms with Crippen LogP contribution in [0.15, 0.2) is 60.7 Å². The Labute approximate surface area is 135 Å². The largest absolute Gasteiger partial charge is 0.516 e. The van der Waals surface area contributed by atoms with E-state index in [0.717, 1.165) is 11.1 Å². The normalized spacial score (nSPS) is 11.5. The van der Waals surface area contributed by atoms with Gasteiger partial charge < -0.3 is 14.8 Å². The molecule has 0 aromatic heterocycles. The van der Waals surface area contributed by atoms with Gasteiger partial charge in [-0.1, -0.05) is 60.7 Å². The van der Waals surface area contributed by atoms with Crippen molar-refractivity contribution in [1.29, 1.82) is 0 Å². The van der Waals surface area contributed by atoms with Gasteiger partial charge in [0.2, 0.25) is 0 Å². The van der Waals surface area contributed by atoms with Crippen LogP contribution in [-0.4, -0.2) is 25.2 Å². The molecule has 1 N–H and O–H groups in total. The molecule has 0 saturated carbocycles. The van der Waals surface area contributed by atoms with Gasteiger partial charge in [0.05, 0.1) is 0 Å². The van der Waals surface area contributed by atoms with Gasteiger partial charge in [-0.2, -0.15) is 0 Å². The Bertz CT molecular complexity index is 628. The maximum absolute atomic E-state index is 12.0. The van der Waals surface area contributed by atoms with Gasteiger partial charge in [0.1, 0.15) is 12.6 Å². The third-order valence-corrected chi connectivity index (χ3v) is 3.30. The number of esters is 1.